The molecule has 1 heterocycles. The van der Waals surface area contributed by atoms with Gasteiger partial charge in [-0.1, -0.05) is 82.2 Å². The van der Waals surface area contributed by atoms with E-state index in [0.29, 0.717) is 10.8 Å². The molecule has 0 radical (unpaired) electrons. The van der Waals surface area contributed by atoms with E-state index in [1.165, 1.54) is 0 Å². The molecule has 0 fully saturated rings. The predicted octanol–water partition coefficient (Wildman–Crippen LogP) is 7.29. The van der Waals surface area contributed by atoms with E-state index in [4.69, 9.17) is 0 Å². The SMILES string of the molecule is Cn1c(=O)c2[c-]c(ccc2)c2c3ccccc3ccc2n(C)c(=O)c2[c-]c(ccc2)c2c3ccccc3ccc21.[Pt+4]. The van der Waals surface area contributed by atoms with E-state index < -0.39 is 0 Å². The summed E-state index contributed by atoms with van der Waals surface area (Å²) >= 11 is 0. The van der Waals surface area contributed by atoms with Gasteiger partial charge in [0.1, 0.15) is 0 Å². The zero-order chi connectivity index (χ0) is 27.4. The third kappa shape index (κ3) is 4.36. The van der Waals surface area contributed by atoms with Gasteiger partial charge in [-0.2, -0.15) is 0 Å². The summed E-state index contributed by atoms with van der Waals surface area (Å²) in [6, 6.07) is 42.1. The molecule has 4 nitrogen and oxygen atoms in total. The Labute approximate surface area is 250 Å². The first kappa shape index (κ1) is 26.7. The Morgan fingerprint density at radius 1 is 0.463 bits per heavy atom. The van der Waals surface area contributed by atoms with Crippen molar-refractivity contribution in [2.75, 3.05) is 0 Å². The molecule has 0 amide bonds. The molecule has 41 heavy (non-hydrogen) atoms. The number of rotatable bonds is 0. The van der Waals surface area contributed by atoms with Crippen LogP contribution in [0.2, 0.25) is 0 Å². The van der Waals surface area contributed by atoms with Gasteiger partial charge in [-0.3, -0.25) is 0 Å². The number of hydrogen-bond acceptors (Lipinski definition) is 2. The molecule has 7 aromatic rings. The van der Waals surface area contributed by atoms with Crippen LogP contribution in [-0.2, 0) is 35.2 Å². The van der Waals surface area contributed by atoms with Crippen LogP contribution in [0.1, 0.15) is 0 Å². The predicted molar refractivity (Wildman–Crippen MR) is 166 cm³/mol. The van der Waals surface area contributed by atoms with Gasteiger partial charge in [-0.15, -0.1) is 59.3 Å². The second-order valence-corrected chi connectivity index (χ2v) is 10.0. The fourth-order valence-electron chi connectivity index (χ4n) is 5.70. The van der Waals surface area contributed by atoms with E-state index in [9.17, 15) is 9.59 Å². The van der Waals surface area contributed by atoms with Crippen LogP contribution >= 0.6 is 0 Å². The van der Waals surface area contributed by atoms with E-state index in [0.717, 1.165) is 54.1 Å². The molecule has 0 saturated carbocycles. The molecular formula is C36H24N2O2Pt+2. The van der Waals surface area contributed by atoms with Crippen LogP contribution in [0, 0.1) is 12.1 Å². The van der Waals surface area contributed by atoms with Gasteiger partial charge in [0.15, 0.2) is 11.1 Å². The molecular weight excluding hydrogens is 687 g/mol. The molecule has 0 N–H and O–H groups in total. The minimum absolute atomic E-state index is 0. The summed E-state index contributed by atoms with van der Waals surface area (Å²) in [4.78, 5) is 28.0. The largest absolute Gasteiger partial charge is 4.00 e. The van der Waals surface area contributed by atoms with Crippen molar-refractivity contribution in [3.05, 3.63) is 142 Å². The van der Waals surface area contributed by atoms with Crippen molar-refractivity contribution in [3.63, 3.8) is 0 Å². The summed E-state index contributed by atoms with van der Waals surface area (Å²) in [5, 5.41) is 8.14. The molecule has 6 aromatic carbocycles. The standard InChI is InChI=1S/C36H24N2O2.Pt/c1-37-31-19-17-23-9-3-5-15-29(23)33(31)25-11-8-14-28(22-25)36(40)38(2)32-20-18-24-10-4-6-16-30(24)34(32)26-12-7-13-27(21-26)35(37)39;/h3-20H,1-2H3;/q-2;+4. The smallest absolute Gasteiger partial charge is 0.349 e. The van der Waals surface area contributed by atoms with Crippen LogP contribution < -0.4 is 11.1 Å². The summed E-state index contributed by atoms with van der Waals surface area (Å²) < 4.78 is 3.34. The Hall–Kier alpha value is -4.53. The van der Waals surface area contributed by atoms with Crippen LogP contribution in [0.25, 0.3) is 64.9 Å². The Balaban J connectivity index is 0.00000302. The summed E-state index contributed by atoms with van der Waals surface area (Å²) in [5.41, 5.74) is 1.13. The summed E-state index contributed by atoms with van der Waals surface area (Å²) in [6.45, 7) is 0. The first-order chi connectivity index (χ1) is 19.5. The van der Waals surface area contributed by atoms with Crippen LogP contribution in [0.5, 0.6) is 0 Å². The maximum absolute atomic E-state index is 14.0. The molecule has 0 aliphatic heterocycles. The molecule has 0 saturated heterocycles. The fourth-order valence-corrected chi connectivity index (χ4v) is 5.70. The molecule has 7 rings (SSSR count). The summed E-state index contributed by atoms with van der Waals surface area (Å²) in [5.74, 6) is 0. The number of fused-ring (bicyclic) bond motifs is 12. The van der Waals surface area contributed by atoms with Gasteiger partial charge in [0, 0.05) is 25.1 Å². The molecule has 0 spiro atoms. The van der Waals surface area contributed by atoms with Crippen LogP contribution in [0.3, 0.4) is 0 Å². The van der Waals surface area contributed by atoms with E-state index in [2.05, 4.69) is 12.1 Å². The molecule has 5 heteroatoms. The van der Waals surface area contributed by atoms with E-state index >= 15 is 0 Å². The maximum Gasteiger partial charge on any atom is 4.00 e. The number of hydrogen-bond donors (Lipinski definition) is 0. The molecule has 0 aliphatic carbocycles. The molecule has 4 bridgehead atoms. The molecule has 1 aromatic heterocycles. The number of aryl methyl sites for hydroxylation is 2. The number of aromatic nitrogens is 2. The van der Waals surface area contributed by atoms with Gasteiger partial charge in [-0.25, -0.2) is 0 Å². The average molecular weight is 712 g/mol. The van der Waals surface area contributed by atoms with E-state index in [1.807, 2.05) is 97.1 Å². The van der Waals surface area contributed by atoms with Gasteiger partial charge in [-0.05, 0) is 33.7 Å². The van der Waals surface area contributed by atoms with Crippen LogP contribution in [-0.4, -0.2) is 9.13 Å². The zero-order valence-corrected chi connectivity index (χ0v) is 24.7. The molecule has 0 unspecified atom stereocenters. The van der Waals surface area contributed by atoms with Gasteiger partial charge < -0.3 is 18.7 Å². The summed E-state index contributed by atoms with van der Waals surface area (Å²) in [7, 11) is 3.57. The number of nitrogens with zero attached hydrogens (tertiary/aromatic N) is 2. The molecule has 198 valence electrons. The van der Waals surface area contributed by atoms with Crippen LogP contribution in [0.4, 0.5) is 0 Å². The minimum Gasteiger partial charge on any atom is -0.349 e. The van der Waals surface area contributed by atoms with E-state index in [-0.39, 0.29) is 32.2 Å². The Morgan fingerprint density at radius 3 is 1.29 bits per heavy atom. The molecule has 0 atom stereocenters. The van der Waals surface area contributed by atoms with Crippen molar-refractivity contribution in [2.45, 2.75) is 0 Å². The first-order valence-corrected chi connectivity index (χ1v) is 13.2. The normalized spacial score (nSPS) is 11.2. The Morgan fingerprint density at radius 2 is 0.854 bits per heavy atom. The van der Waals surface area contributed by atoms with Gasteiger partial charge in [0.05, 0.1) is 0 Å². The van der Waals surface area contributed by atoms with Crippen molar-refractivity contribution in [3.8, 4) is 0 Å². The summed E-state index contributed by atoms with van der Waals surface area (Å²) in [6.07, 6.45) is 0. The van der Waals surface area contributed by atoms with Crippen molar-refractivity contribution in [1.82, 2.24) is 9.13 Å². The number of benzene rings is 6. The van der Waals surface area contributed by atoms with Crippen molar-refractivity contribution in [2.24, 2.45) is 14.1 Å². The third-order valence-electron chi connectivity index (χ3n) is 7.74. The first-order valence-electron chi connectivity index (χ1n) is 13.2. The zero-order valence-electron chi connectivity index (χ0n) is 22.4. The second kappa shape index (κ2) is 10.5. The Bertz CT molecular complexity index is 2230. The molecule has 0 aliphatic rings. The van der Waals surface area contributed by atoms with Crippen molar-refractivity contribution in [1.29, 1.82) is 0 Å². The Kier molecular flexibility index (Phi) is 6.81. The minimum atomic E-state index is -0.169. The fraction of sp³-hybridized carbons (Fsp3) is 0.0556. The topological polar surface area (TPSA) is 44.0 Å². The van der Waals surface area contributed by atoms with Gasteiger partial charge >= 0.3 is 21.1 Å². The van der Waals surface area contributed by atoms with E-state index in [1.54, 1.807) is 35.4 Å². The maximum atomic E-state index is 14.0. The second-order valence-electron chi connectivity index (χ2n) is 10.0. The van der Waals surface area contributed by atoms with Gasteiger partial charge in [0.2, 0.25) is 0 Å². The monoisotopic (exact) mass is 711 g/mol. The third-order valence-corrected chi connectivity index (χ3v) is 7.74. The van der Waals surface area contributed by atoms with Crippen molar-refractivity contribution < 1.29 is 21.1 Å². The quantitative estimate of drug-likeness (QED) is 0.155. The van der Waals surface area contributed by atoms with Crippen molar-refractivity contribution >= 4 is 64.9 Å². The average Bonchev–Trinajstić information content (AvgIpc) is 3.02. The van der Waals surface area contributed by atoms with Crippen LogP contribution in [0.15, 0.2) is 119 Å². The van der Waals surface area contributed by atoms with Gasteiger partial charge in [0.25, 0.3) is 0 Å².